The van der Waals surface area contributed by atoms with E-state index in [1.165, 1.54) is 0 Å². The van der Waals surface area contributed by atoms with Gasteiger partial charge >= 0.3 is 5.97 Å². The lowest BCUT2D eigenvalue weighted by atomic mass is 9.91. The summed E-state index contributed by atoms with van der Waals surface area (Å²) in [5.41, 5.74) is 0.868. The van der Waals surface area contributed by atoms with Gasteiger partial charge in [-0.15, -0.1) is 0 Å². The van der Waals surface area contributed by atoms with Gasteiger partial charge in [0.15, 0.2) is 0 Å². The van der Waals surface area contributed by atoms with Gasteiger partial charge < -0.3 is 10.4 Å². The Hall–Kier alpha value is -1.23. The van der Waals surface area contributed by atoms with Crippen molar-refractivity contribution in [1.29, 1.82) is 0 Å². The number of anilines is 1. The first-order valence-corrected chi connectivity index (χ1v) is 7.82. The molecule has 0 saturated carbocycles. The molecule has 4 nitrogen and oxygen atoms in total. The molecule has 0 radical (unpaired) electrons. The third-order valence-corrected chi connectivity index (χ3v) is 4.34. The van der Waals surface area contributed by atoms with Crippen molar-refractivity contribution in [2.45, 2.75) is 44.8 Å². The number of thioether (sulfide) groups is 1. The standard InChI is InChI=1S/C15H24N2O2S/c1-14(2,3)11-7-10(13(18)19)8-12(17-11)16-9-15(4,5)20-6/h7-8H,9H2,1-6H3,(H,16,17)(H,18,19). The number of hydrogen-bond donors (Lipinski definition) is 2. The fourth-order valence-corrected chi connectivity index (χ4v) is 1.72. The predicted octanol–water partition coefficient (Wildman–Crippen LogP) is 3.63. The Balaban J connectivity index is 3.07. The summed E-state index contributed by atoms with van der Waals surface area (Å²) in [6.45, 7) is 11.1. The molecule has 0 amide bonds. The molecular formula is C15H24N2O2S. The number of nitrogens with zero attached hydrogens (tertiary/aromatic N) is 1. The topological polar surface area (TPSA) is 62.2 Å². The van der Waals surface area contributed by atoms with Gasteiger partial charge in [0, 0.05) is 22.4 Å². The van der Waals surface area contributed by atoms with Gasteiger partial charge in [0.05, 0.1) is 5.56 Å². The summed E-state index contributed by atoms with van der Waals surface area (Å²) < 4.78 is 0.0722. The predicted molar refractivity (Wildman–Crippen MR) is 86.0 cm³/mol. The first-order valence-electron chi connectivity index (χ1n) is 6.60. The first-order chi connectivity index (χ1) is 9.05. The Morgan fingerprint density at radius 1 is 1.30 bits per heavy atom. The molecule has 0 unspecified atom stereocenters. The molecule has 0 saturated heterocycles. The zero-order valence-corrected chi connectivity index (χ0v) is 13.9. The van der Waals surface area contributed by atoms with Crippen LogP contribution in [0.15, 0.2) is 12.1 Å². The molecule has 112 valence electrons. The molecular weight excluding hydrogens is 272 g/mol. The van der Waals surface area contributed by atoms with Crippen LogP contribution >= 0.6 is 11.8 Å². The number of carbonyl (C=O) groups is 1. The van der Waals surface area contributed by atoms with Crippen LogP contribution in [0.1, 0.15) is 50.7 Å². The van der Waals surface area contributed by atoms with Crippen molar-refractivity contribution >= 4 is 23.5 Å². The van der Waals surface area contributed by atoms with Gasteiger partial charge in [-0.2, -0.15) is 11.8 Å². The summed E-state index contributed by atoms with van der Waals surface area (Å²) in [5, 5.41) is 12.5. The molecule has 1 aromatic heterocycles. The monoisotopic (exact) mass is 296 g/mol. The van der Waals surface area contributed by atoms with Crippen LogP contribution in [0.4, 0.5) is 5.82 Å². The van der Waals surface area contributed by atoms with Crippen molar-refractivity contribution in [1.82, 2.24) is 4.98 Å². The molecule has 0 fully saturated rings. The van der Waals surface area contributed by atoms with Crippen molar-refractivity contribution in [3.63, 3.8) is 0 Å². The lowest BCUT2D eigenvalue weighted by Gasteiger charge is -2.24. The SMILES string of the molecule is CSC(C)(C)CNc1cc(C(=O)O)cc(C(C)(C)C)n1. The summed E-state index contributed by atoms with van der Waals surface area (Å²) in [5.74, 6) is -0.304. The maximum Gasteiger partial charge on any atom is 0.335 e. The number of carboxylic acids is 1. The number of pyridine rings is 1. The van der Waals surface area contributed by atoms with Gasteiger partial charge in [-0.3, -0.25) is 0 Å². The highest BCUT2D eigenvalue weighted by molar-refractivity contribution is 7.99. The number of aromatic carboxylic acids is 1. The number of aromatic nitrogens is 1. The van der Waals surface area contributed by atoms with Crippen molar-refractivity contribution < 1.29 is 9.90 Å². The first kappa shape index (κ1) is 16.8. The summed E-state index contributed by atoms with van der Waals surface area (Å²) in [6, 6.07) is 3.24. The van der Waals surface area contributed by atoms with E-state index in [0.29, 0.717) is 5.82 Å². The van der Waals surface area contributed by atoms with Crippen LogP contribution in [0.3, 0.4) is 0 Å². The fourth-order valence-electron chi connectivity index (χ4n) is 1.50. The highest BCUT2D eigenvalue weighted by atomic mass is 32.2. The lowest BCUT2D eigenvalue weighted by molar-refractivity contribution is 0.0696. The van der Waals surface area contributed by atoms with Crippen LogP contribution in [-0.4, -0.2) is 33.6 Å². The summed E-state index contributed by atoms with van der Waals surface area (Å²) in [4.78, 5) is 15.8. The van der Waals surface area contributed by atoms with E-state index >= 15 is 0 Å². The number of hydrogen-bond acceptors (Lipinski definition) is 4. The Kier molecular flexibility index (Phi) is 5.08. The van der Waals surface area contributed by atoms with Crippen LogP contribution in [-0.2, 0) is 5.41 Å². The molecule has 0 atom stereocenters. The molecule has 0 spiro atoms. The van der Waals surface area contributed by atoms with E-state index < -0.39 is 5.97 Å². The molecule has 20 heavy (non-hydrogen) atoms. The Morgan fingerprint density at radius 2 is 1.90 bits per heavy atom. The van der Waals surface area contributed by atoms with Gasteiger partial charge in [0.2, 0.25) is 0 Å². The minimum atomic E-state index is -0.926. The second-order valence-electron chi connectivity index (χ2n) is 6.50. The smallest absolute Gasteiger partial charge is 0.335 e. The normalized spacial score (nSPS) is 12.3. The molecule has 0 aliphatic heterocycles. The minimum absolute atomic E-state index is 0.0722. The van der Waals surface area contributed by atoms with Crippen LogP contribution in [0, 0.1) is 0 Å². The van der Waals surface area contributed by atoms with Crippen LogP contribution in [0.5, 0.6) is 0 Å². The molecule has 1 rings (SSSR count). The number of carboxylic acid groups (broad SMARTS) is 1. The molecule has 1 aromatic rings. The molecule has 2 N–H and O–H groups in total. The van der Waals surface area contributed by atoms with E-state index in [-0.39, 0.29) is 15.7 Å². The van der Waals surface area contributed by atoms with Crippen LogP contribution in [0.2, 0.25) is 0 Å². The maximum absolute atomic E-state index is 11.2. The highest BCUT2D eigenvalue weighted by Crippen LogP contribution is 2.25. The van der Waals surface area contributed by atoms with E-state index in [9.17, 15) is 9.90 Å². The van der Waals surface area contributed by atoms with E-state index in [4.69, 9.17) is 0 Å². The summed E-state index contributed by atoms with van der Waals surface area (Å²) >= 11 is 1.76. The zero-order chi connectivity index (χ0) is 15.6. The van der Waals surface area contributed by atoms with Gasteiger partial charge in [-0.1, -0.05) is 20.8 Å². The minimum Gasteiger partial charge on any atom is -0.478 e. The zero-order valence-electron chi connectivity index (χ0n) is 13.1. The maximum atomic E-state index is 11.2. The molecule has 5 heteroatoms. The van der Waals surface area contributed by atoms with Crippen molar-refractivity contribution in [2.75, 3.05) is 18.1 Å². The second-order valence-corrected chi connectivity index (χ2v) is 8.01. The van der Waals surface area contributed by atoms with E-state index in [0.717, 1.165) is 12.2 Å². The van der Waals surface area contributed by atoms with Gasteiger partial charge in [0.1, 0.15) is 5.82 Å². The van der Waals surface area contributed by atoms with Gasteiger partial charge in [-0.05, 0) is 32.2 Å². The average Bonchev–Trinajstić information content (AvgIpc) is 2.35. The van der Waals surface area contributed by atoms with Gasteiger partial charge in [0.25, 0.3) is 0 Å². The molecule has 1 heterocycles. The van der Waals surface area contributed by atoms with Crippen molar-refractivity contribution in [3.05, 3.63) is 23.4 Å². The molecule has 0 bridgehead atoms. The number of nitrogens with one attached hydrogen (secondary N) is 1. The quantitative estimate of drug-likeness (QED) is 0.868. The van der Waals surface area contributed by atoms with E-state index in [1.54, 1.807) is 23.9 Å². The molecule has 0 aliphatic rings. The average molecular weight is 296 g/mol. The Morgan fingerprint density at radius 3 is 2.35 bits per heavy atom. The Labute approximate surface area is 125 Å². The second kappa shape index (κ2) is 6.04. The summed E-state index contributed by atoms with van der Waals surface area (Å²) in [7, 11) is 0. The lowest BCUT2D eigenvalue weighted by Crippen LogP contribution is -2.27. The van der Waals surface area contributed by atoms with E-state index in [2.05, 4.69) is 30.4 Å². The fraction of sp³-hybridized carbons (Fsp3) is 0.600. The summed E-state index contributed by atoms with van der Waals surface area (Å²) in [6.07, 6.45) is 2.06. The van der Waals surface area contributed by atoms with Crippen molar-refractivity contribution in [2.24, 2.45) is 0 Å². The third kappa shape index (κ3) is 4.71. The highest BCUT2D eigenvalue weighted by Gasteiger charge is 2.20. The Bertz CT molecular complexity index is 493. The van der Waals surface area contributed by atoms with Gasteiger partial charge in [-0.25, -0.2) is 9.78 Å². The van der Waals surface area contributed by atoms with E-state index in [1.807, 2.05) is 20.8 Å². The molecule has 0 aliphatic carbocycles. The van der Waals surface area contributed by atoms with Crippen LogP contribution in [0.25, 0.3) is 0 Å². The molecule has 0 aromatic carbocycles. The third-order valence-electron chi connectivity index (χ3n) is 3.09. The number of rotatable bonds is 5. The van der Waals surface area contributed by atoms with Crippen LogP contribution < -0.4 is 5.32 Å². The largest absolute Gasteiger partial charge is 0.478 e. The van der Waals surface area contributed by atoms with Crippen molar-refractivity contribution in [3.8, 4) is 0 Å².